The Labute approximate surface area is 197 Å². The minimum atomic E-state index is -0.437. The molecule has 0 atom stereocenters. The van der Waals surface area contributed by atoms with E-state index in [1.165, 1.54) is 0 Å². The van der Waals surface area contributed by atoms with Gasteiger partial charge in [0.05, 0.1) is 29.0 Å². The molecule has 0 bridgehead atoms. The molecule has 0 aliphatic heterocycles. The van der Waals surface area contributed by atoms with Crippen LogP contribution in [0.25, 0.3) is 10.9 Å². The molecule has 0 aliphatic carbocycles. The molecular formula is C26H25ClN4O2. The second-order valence-electron chi connectivity index (χ2n) is 8.36. The van der Waals surface area contributed by atoms with E-state index >= 15 is 0 Å². The molecule has 0 spiro atoms. The summed E-state index contributed by atoms with van der Waals surface area (Å²) in [5, 5.41) is 15.3. The maximum atomic E-state index is 11.2. The van der Waals surface area contributed by atoms with Crippen LogP contribution in [0.3, 0.4) is 0 Å². The number of halogens is 1. The third-order valence-corrected chi connectivity index (χ3v) is 5.79. The molecule has 0 unspecified atom stereocenters. The van der Waals surface area contributed by atoms with Crippen molar-refractivity contribution >= 4 is 39.8 Å². The number of hydrogen-bond acceptors (Lipinski definition) is 4. The van der Waals surface area contributed by atoms with Crippen molar-refractivity contribution in [1.82, 2.24) is 10.3 Å². The predicted molar refractivity (Wildman–Crippen MR) is 133 cm³/mol. The first-order chi connectivity index (χ1) is 15.7. The third kappa shape index (κ3) is 4.92. The Kier molecular flexibility index (Phi) is 6.22. The second-order valence-corrected chi connectivity index (χ2v) is 8.79. The molecule has 0 saturated carbocycles. The lowest BCUT2D eigenvalue weighted by Crippen LogP contribution is -2.41. The van der Waals surface area contributed by atoms with E-state index in [-0.39, 0.29) is 12.4 Å². The van der Waals surface area contributed by atoms with Crippen LogP contribution in [-0.4, -0.2) is 28.3 Å². The summed E-state index contributed by atoms with van der Waals surface area (Å²) in [5.74, 6) is -0.375. The van der Waals surface area contributed by atoms with Crippen LogP contribution in [0.4, 0.5) is 5.69 Å². The first-order valence-electron chi connectivity index (χ1n) is 10.5. The summed E-state index contributed by atoms with van der Waals surface area (Å²) in [4.78, 5) is 19.1. The van der Waals surface area contributed by atoms with Crippen molar-refractivity contribution in [3.05, 3.63) is 94.5 Å². The summed E-state index contributed by atoms with van der Waals surface area (Å²) in [5.41, 5.74) is 9.41. The van der Waals surface area contributed by atoms with Gasteiger partial charge in [-0.15, -0.1) is 0 Å². The van der Waals surface area contributed by atoms with Crippen LogP contribution in [-0.2, 0) is 10.3 Å². The smallest absolute Gasteiger partial charge is 0.231 e. The number of H-pyrrole nitrogens is 1. The maximum absolute atomic E-state index is 11.2. The van der Waals surface area contributed by atoms with Gasteiger partial charge < -0.3 is 15.8 Å². The van der Waals surface area contributed by atoms with Crippen LogP contribution in [0, 0.1) is 0 Å². The van der Waals surface area contributed by atoms with Crippen molar-refractivity contribution in [2.45, 2.75) is 19.4 Å². The SMILES string of the molecule is CC(C)(NCC(N)=O)c1ccc(N=C(c2ccccc2)c2c(O)[nH]c3cc(Cl)ccc23)cc1. The number of nitrogens with zero attached hydrogens (tertiary/aromatic N) is 1. The zero-order valence-corrected chi connectivity index (χ0v) is 19.1. The molecule has 0 radical (unpaired) electrons. The summed E-state index contributed by atoms with van der Waals surface area (Å²) >= 11 is 6.14. The summed E-state index contributed by atoms with van der Waals surface area (Å²) in [6, 6.07) is 22.9. The lowest BCUT2D eigenvalue weighted by Gasteiger charge is -2.26. The number of aromatic nitrogens is 1. The molecule has 4 rings (SSSR count). The minimum Gasteiger partial charge on any atom is -0.494 e. The third-order valence-electron chi connectivity index (χ3n) is 5.56. The van der Waals surface area contributed by atoms with Gasteiger partial charge in [-0.05, 0) is 43.7 Å². The Bertz CT molecular complexity index is 1330. The molecule has 33 heavy (non-hydrogen) atoms. The Balaban J connectivity index is 1.78. The number of carbonyl (C=O) groups excluding carboxylic acids is 1. The molecule has 4 aromatic rings. The van der Waals surface area contributed by atoms with Crippen molar-refractivity contribution in [2.75, 3.05) is 6.54 Å². The first kappa shape index (κ1) is 22.6. The molecule has 168 valence electrons. The molecule has 1 heterocycles. The van der Waals surface area contributed by atoms with Crippen LogP contribution >= 0.6 is 11.6 Å². The van der Waals surface area contributed by atoms with Crippen LogP contribution < -0.4 is 11.1 Å². The van der Waals surface area contributed by atoms with Gasteiger partial charge in [0.2, 0.25) is 5.91 Å². The number of primary amides is 1. The van der Waals surface area contributed by atoms with E-state index < -0.39 is 11.4 Å². The first-order valence-corrected chi connectivity index (χ1v) is 10.9. The number of benzene rings is 3. The topological polar surface area (TPSA) is 104 Å². The molecule has 0 aliphatic rings. The van der Waals surface area contributed by atoms with E-state index in [4.69, 9.17) is 22.3 Å². The van der Waals surface area contributed by atoms with Gasteiger partial charge in [0.1, 0.15) is 0 Å². The quantitative estimate of drug-likeness (QED) is 0.291. The highest BCUT2D eigenvalue weighted by molar-refractivity contribution is 6.31. The Morgan fingerprint density at radius 3 is 2.45 bits per heavy atom. The highest BCUT2D eigenvalue weighted by Gasteiger charge is 2.21. The highest BCUT2D eigenvalue weighted by Crippen LogP contribution is 2.33. The molecule has 0 saturated heterocycles. The van der Waals surface area contributed by atoms with Crippen molar-refractivity contribution in [3.8, 4) is 5.88 Å². The average molecular weight is 461 g/mol. The lowest BCUT2D eigenvalue weighted by molar-refractivity contribution is -0.117. The summed E-state index contributed by atoms with van der Waals surface area (Å²) in [6.45, 7) is 4.06. The van der Waals surface area contributed by atoms with Crippen molar-refractivity contribution in [2.24, 2.45) is 10.7 Å². The summed E-state index contributed by atoms with van der Waals surface area (Å²) < 4.78 is 0. The van der Waals surface area contributed by atoms with Crippen molar-refractivity contribution in [1.29, 1.82) is 0 Å². The minimum absolute atomic E-state index is 0.0308. The van der Waals surface area contributed by atoms with E-state index in [9.17, 15) is 9.90 Å². The Hall–Kier alpha value is -3.61. The number of hydrogen-bond donors (Lipinski definition) is 4. The molecule has 1 aromatic heterocycles. The van der Waals surface area contributed by atoms with Gasteiger partial charge in [-0.1, -0.05) is 60.1 Å². The van der Waals surface area contributed by atoms with Gasteiger partial charge in [-0.25, -0.2) is 4.99 Å². The van der Waals surface area contributed by atoms with E-state index in [2.05, 4.69) is 10.3 Å². The molecule has 0 fully saturated rings. The number of nitrogens with two attached hydrogens (primary N) is 1. The summed E-state index contributed by atoms with van der Waals surface area (Å²) in [6.07, 6.45) is 0. The predicted octanol–water partition coefficient (Wildman–Crippen LogP) is 5.01. The number of aromatic hydroxyl groups is 1. The van der Waals surface area contributed by atoms with E-state index in [1.54, 1.807) is 12.1 Å². The number of carbonyl (C=O) groups is 1. The van der Waals surface area contributed by atoms with Crippen LogP contribution in [0.5, 0.6) is 5.88 Å². The van der Waals surface area contributed by atoms with Crippen LogP contribution in [0.2, 0.25) is 5.02 Å². The zero-order valence-electron chi connectivity index (χ0n) is 18.4. The van der Waals surface area contributed by atoms with Gasteiger partial charge in [0.25, 0.3) is 0 Å². The standard InChI is InChI=1S/C26H25ClN4O2/c1-26(2,29-15-22(28)32)17-8-11-19(12-9-17)30-24(16-6-4-3-5-7-16)23-20-13-10-18(27)14-21(20)31-25(23)33/h3-14,29,31,33H,15H2,1-2H3,(H2,28,32). The second kappa shape index (κ2) is 9.10. The summed E-state index contributed by atoms with van der Waals surface area (Å²) in [7, 11) is 0. The molecule has 6 nitrogen and oxygen atoms in total. The van der Waals surface area contributed by atoms with Crippen LogP contribution in [0.1, 0.15) is 30.5 Å². The van der Waals surface area contributed by atoms with E-state index in [1.807, 2.05) is 74.5 Å². The monoisotopic (exact) mass is 460 g/mol. The largest absolute Gasteiger partial charge is 0.494 e. The van der Waals surface area contributed by atoms with E-state index in [0.717, 1.165) is 27.7 Å². The average Bonchev–Trinajstić information content (AvgIpc) is 3.11. The Morgan fingerprint density at radius 1 is 1.09 bits per heavy atom. The number of aliphatic imine (C=N–C) groups is 1. The van der Waals surface area contributed by atoms with Gasteiger partial charge >= 0.3 is 0 Å². The molecular weight excluding hydrogens is 436 g/mol. The lowest BCUT2D eigenvalue weighted by atomic mass is 9.94. The fourth-order valence-electron chi connectivity index (χ4n) is 3.75. The highest BCUT2D eigenvalue weighted by atomic mass is 35.5. The number of fused-ring (bicyclic) bond motifs is 1. The van der Waals surface area contributed by atoms with Gasteiger partial charge in [0, 0.05) is 21.5 Å². The van der Waals surface area contributed by atoms with Crippen molar-refractivity contribution in [3.63, 3.8) is 0 Å². The van der Waals surface area contributed by atoms with Gasteiger partial charge in [-0.3, -0.25) is 10.1 Å². The van der Waals surface area contributed by atoms with Gasteiger partial charge in [-0.2, -0.15) is 0 Å². The van der Waals surface area contributed by atoms with E-state index in [0.29, 0.717) is 16.3 Å². The fourth-order valence-corrected chi connectivity index (χ4v) is 3.92. The molecule has 1 amide bonds. The zero-order chi connectivity index (χ0) is 23.6. The number of amides is 1. The number of nitrogens with one attached hydrogen (secondary N) is 2. The normalized spacial score (nSPS) is 12.3. The maximum Gasteiger partial charge on any atom is 0.231 e. The molecule has 5 N–H and O–H groups in total. The fraction of sp³-hybridized carbons (Fsp3) is 0.154. The number of rotatable bonds is 7. The molecule has 7 heteroatoms. The van der Waals surface area contributed by atoms with Gasteiger partial charge in [0.15, 0.2) is 5.88 Å². The Morgan fingerprint density at radius 2 is 1.79 bits per heavy atom. The molecule has 3 aromatic carbocycles. The van der Waals surface area contributed by atoms with Crippen molar-refractivity contribution < 1.29 is 9.90 Å². The number of aromatic amines is 1. The van der Waals surface area contributed by atoms with Crippen LogP contribution in [0.15, 0.2) is 77.8 Å².